The van der Waals surface area contributed by atoms with Crippen molar-refractivity contribution in [2.24, 2.45) is 0 Å². The summed E-state index contributed by atoms with van der Waals surface area (Å²) in [5.74, 6) is 0.186. The van der Waals surface area contributed by atoms with Crippen LogP contribution >= 0.6 is 0 Å². The number of benzene rings is 3. The number of hydrogen-bond donors (Lipinski definition) is 0. The molecule has 0 bridgehead atoms. The van der Waals surface area contributed by atoms with Gasteiger partial charge in [-0.1, -0.05) is 72.8 Å². The van der Waals surface area contributed by atoms with E-state index in [4.69, 9.17) is 14.2 Å². The van der Waals surface area contributed by atoms with E-state index in [1.165, 1.54) is 18.2 Å². The van der Waals surface area contributed by atoms with E-state index in [0.717, 1.165) is 32.5 Å². The third kappa shape index (κ3) is 6.21. The number of piperidine rings is 1. The van der Waals surface area contributed by atoms with Crippen molar-refractivity contribution in [1.29, 1.82) is 0 Å². The molecule has 0 radical (unpaired) electrons. The summed E-state index contributed by atoms with van der Waals surface area (Å²) in [6.07, 6.45) is 2.12. The molecule has 0 atom stereocenters. The predicted octanol–water partition coefficient (Wildman–Crippen LogP) is 5.12. The molecule has 5 nitrogen and oxygen atoms in total. The Hall–Kier alpha value is -3.15. The van der Waals surface area contributed by atoms with Gasteiger partial charge in [0.1, 0.15) is 24.0 Å². The van der Waals surface area contributed by atoms with Gasteiger partial charge in [-0.25, -0.2) is 4.79 Å². The summed E-state index contributed by atoms with van der Waals surface area (Å²) in [7, 11) is 1.38. The average Bonchev–Trinajstić information content (AvgIpc) is 2.89. The Morgan fingerprint density at radius 1 is 0.879 bits per heavy atom. The van der Waals surface area contributed by atoms with Gasteiger partial charge in [0.2, 0.25) is 0 Å². The lowest BCUT2D eigenvalue weighted by Gasteiger charge is -2.34. The molecule has 1 saturated heterocycles. The number of nitrogens with zero attached hydrogens (tertiary/aromatic N) is 1. The number of carbonyl (C=O) groups excluding carboxylic acids is 1. The molecule has 172 valence electrons. The van der Waals surface area contributed by atoms with Crippen LogP contribution in [0.4, 0.5) is 0 Å². The zero-order valence-corrected chi connectivity index (χ0v) is 19.1. The van der Waals surface area contributed by atoms with Gasteiger partial charge in [0.05, 0.1) is 13.2 Å². The summed E-state index contributed by atoms with van der Waals surface area (Å²) in [6.45, 7) is 3.26. The molecule has 1 fully saturated rings. The zero-order valence-electron chi connectivity index (χ0n) is 19.1. The van der Waals surface area contributed by atoms with Gasteiger partial charge in [0.25, 0.3) is 0 Å². The first-order valence-electron chi connectivity index (χ1n) is 11.5. The molecule has 0 aliphatic carbocycles. The Morgan fingerprint density at radius 3 is 2.06 bits per heavy atom. The van der Waals surface area contributed by atoms with E-state index in [1.807, 2.05) is 24.3 Å². The smallest absolute Gasteiger partial charge is 0.341 e. The number of hydrogen-bond acceptors (Lipinski definition) is 5. The molecule has 1 aliphatic rings. The molecular weight excluding hydrogens is 414 g/mol. The lowest BCUT2D eigenvalue weighted by molar-refractivity contribution is -0.0282. The number of ether oxygens (including phenoxy) is 3. The Morgan fingerprint density at radius 2 is 1.45 bits per heavy atom. The minimum Gasteiger partial charge on any atom is -0.491 e. The van der Waals surface area contributed by atoms with Crippen LogP contribution < -0.4 is 4.74 Å². The molecule has 1 heterocycles. The largest absolute Gasteiger partial charge is 0.491 e. The summed E-state index contributed by atoms with van der Waals surface area (Å²) < 4.78 is 17.4. The fourth-order valence-electron chi connectivity index (χ4n) is 4.22. The Balaban J connectivity index is 1.29. The molecule has 3 aromatic rings. The van der Waals surface area contributed by atoms with Crippen LogP contribution in [-0.4, -0.2) is 50.3 Å². The van der Waals surface area contributed by atoms with Crippen LogP contribution in [0.3, 0.4) is 0 Å². The van der Waals surface area contributed by atoms with Gasteiger partial charge < -0.3 is 14.2 Å². The summed E-state index contributed by atoms with van der Waals surface area (Å²) in [5, 5.41) is 0. The lowest BCUT2D eigenvalue weighted by atomic mass is 10.00. The number of methoxy groups -OCH3 is 1. The minimum atomic E-state index is -0.380. The van der Waals surface area contributed by atoms with Crippen LogP contribution in [0.25, 0.3) is 0 Å². The maximum absolute atomic E-state index is 11.9. The maximum Gasteiger partial charge on any atom is 0.341 e. The van der Waals surface area contributed by atoms with Crippen molar-refractivity contribution in [3.63, 3.8) is 0 Å². The molecule has 0 spiro atoms. The molecule has 3 aromatic carbocycles. The molecule has 0 unspecified atom stereocenters. The van der Waals surface area contributed by atoms with E-state index in [9.17, 15) is 4.79 Å². The summed E-state index contributed by atoms with van der Waals surface area (Å²) >= 11 is 0. The predicted molar refractivity (Wildman–Crippen MR) is 129 cm³/mol. The van der Waals surface area contributed by atoms with Gasteiger partial charge in [0, 0.05) is 19.6 Å². The molecule has 0 amide bonds. The van der Waals surface area contributed by atoms with Crippen molar-refractivity contribution in [3.8, 4) is 5.75 Å². The molecule has 0 N–H and O–H groups in total. The first-order chi connectivity index (χ1) is 16.2. The van der Waals surface area contributed by atoms with Crippen LogP contribution in [0.2, 0.25) is 0 Å². The third-order valence-electron chi connectivity index (χ3n) is 6.03. The van der Waals surface area contributed by atoms with Crippen molar-refractivity contribution < 1.29 is 19.0 Å². The van der Waals surface area contributed by atoms with Gasteiger partial charge in [-0.05, 0) is 36.1 Å². The SMILES string of the molecule is COC(=O)c1ccccc1OCCN1CCC(OC(c2ccccc2)c2ccccc2)CC1. The number of esters is 1. The minimum absolute atomic E-state index is 0.0536. The van der Waals surface area contributed by atoms with E-state index in [-0.39, 0.29) is 18.2 Å². The lowest BCUT2D eigenvalue weighted by Crippen LogP contribution is -2.39. The first-order valence-corrected chi connectivity index (χ1v) is 11.5. The van der Waals surface area contributed by atoms with Crippen molar-refractivity contribution in [1.82, 2.24) is 4.90 Å². The highest BCUT2D eigenvalue weighted by Crippen LogP contribution is 2.30. The molecule has 0 saturated carbocycles. The van der Waals surface area contributed by atoms with Crippen molar-refractivity contribution in [2.75, 3.05) is 33.4 Å². The van der Waals surface area contributed by atoms with Gasteiger partial charge in [-0.2, -0.15) is 0 Å². The van der Waals surface area contributed by atoms with E-state index in [0.29, 0.717) is 17.9 Å². The van der Waals surface area contributed by atoms with Crippen molar-refractivity contribution >= 4 is 5.97 Å². The van der Waals surface area contributed by atoms with Gasteiger partial charge >= 0.3 is 5.97 Å². The van der Waals surface area contributed by atoms with E-state index < -0.39 is 0 Å². The number of likely N-dealkylation sites (tertiary alicyclic amines) is 1. The Bertz CT molecular complexity index is 961. The molecule has 33 heavy (non-hydrogen) atoms. The molecule has 5 heteroatoms. The third-order valence-corrected chi connectivity index (χ3v) is 6.03. The summed E-state index contributed by atoms with van der Waals surface area (Å²) in [5.41, 5.74) is 2.83. The van der Waals surface area contributed by atoms with E-state index >= 15 is 0 Å². The molecular formula is C28H31NO4. The fourth-order valence-corrected chi connectivity index (χ4v) is 4.22. The number of rotatable bonds is 9. The van der Waals surface area contributed by atoms with Gasteiger partial charge in [-0.3, -0.25) is 4.90 Å². The number of para-hydroxylation sites is 1. The van der Waals surface area contributed by atoms with Crippen LogP contribution in [0.1, 0.15) is 40.4 Å². The topological polar surface area (TPSA) is 48.0 Å². The van der Waals surface area contributed by atoms with Crippen LogP contribution in [0.5, 0.6) is 5.75 Å². The van der Waals surface area contributed by atoms with Crippen LogP contribution in [-0.2, 0) is 9.47 Å². The second-order valence-electron chi connectivity index (χ2n) is 8.21. The summed E-state index contributed by atoms with van der Waals surface area (Å²) in [4.78, 5) is 14.3. The highest BCUT2D eigenvalue weighted by atomic mass is 16.5. The first kappa shape index (κ1) is 23.0. The van der Waals surface area contributed by atoms with Crippen molar-refractivity contribution in [2.45, 2.75) is 25.0 Å². The monoisotopic (exact) mass is 445 g/mol. The van der Waals surface area contributed by atoms with Gasteiger partial charge in [0.15, 0.2) is 0 Å². The van der Waals surface area contributed by atoms with Crippen LogP contribution in [0, 0.1) is 0 Å². The van der Waals surface area contributed by atoms with Crippen molar-refractivity contribution in [3.05, 3.63) is 102 Å². The number of carbonyl (C=O) groups is 1. The van der Waals surface area contributed by atoms with Crippen LogP contribution in [0.15, 0.2) is 84.9 Å². The normalized spacial score (nSPS) is 14.8. The zero-order chi connectivity index (χ0) is 22.9. The summed E-state index contributed by atoms with van der Waals surface area (Å²) in [6, 6.07) is 28.1. The van der Waals surface area contributed by atoms with E-state index in [1.54, 1.807) is 12.1 Å². The highest BCUT2D eigenvalue weighted by molar-refractivity contribution is 5.92. The second-order valence-corrected chi connectivity index (χ2v) is 8.21. The van der Waals surface area contributed by atoms with Gasteiger partial charge in [-0.15, -0.1) is 0 Å². The fraction of sp³-hybridized carbons (Fsp3) is 0.321. The highest BCUT2D eigenvalue weighted by Gasteiger charge is 2.24. The molecule has 1 aliphatic heterocycles. The Kier molecular flexibility index (Phi) is 8.12. The standard InChI is InChI=1S/C28H31NO4/c1-31-28(30)25-14-8-9-15-26(25)32-21-20-29-18-16-24(17-19-29)33-27(22-10-4-2-5-11-22)23-12-6-3-7-13-23/h2-15,24,27H,16-21H2,1H3. The quantitative estimate of drug-likeness (QED) is 0.428. The Labute approximate surface area is 195 Å². The maximum atomic E-state index is 11.9. The average molecular weight is 446 g/mol. The second kappa shape index (κ2) is 11.6. The van der Waals surface area contributed by atoms with E-state index in [2.05, 4.69) is 53.4 Å². The molecule has 0 aromatic heterocycles. The molecule has 4 rings (SSSR count).